The van der Waals surface area contributed by atoms with Crippen molar-refractivity contribution in [2.45, 2.75) is 77.0 Å². The number of hydrogen-bond acceptors (Lipinski definition) is 0. The quantitative estimate of drug-likeness (QED) is 0.203. The van der Waals surface area contributed by atoms with E-state index in [4.69, 9.17) is 0 Å². The number of hydrogen-bond donors (Lipinski definition) is 0. The molecule has 7 rings (SSSR count). The smallest absolute Gasteiger partial charge is 0.0535 e. The van der Waals surface area contributed by atoms with Crippen LogP contribution in [0.15, 0.2) is 97.1 Å². The van der Waals surface area contributed by atoms with Gasteiger partial charge >= 0.3 is 0 Å². The van der Waals surface area contributed by atoms with Crippen LogP contribution in [-0.2, 0) is 21.7 Å². The fourth-order valence-electron chi connectivity index (χ4n) is 7.47. The number of para-hydroxylation sites is 2. The van der Waals surface area contributed by atoms with E-state index in [1.54, 1.807) is 0 Å². The van der Waals surface area contributed by atoms with Gasteiger partial charge in [-0.05, 0) is 41.5 Å². The number of aromatic nitrogens is 2. The van der Waals surface area contributed by atoms with Crippen LogP contribution in [0.5, 0.6) is 0 Å². The van der Waals surface area contributed by atoms with E-state index >= 15 is 0 Å². The van der Waals surface area contributed by atoms with Gasteiger partial charge in [0.25, 0.3) is 0 Å². The summed E-state index contributed by atoms with van der Waals surface area (Å²) in [7, 11) is 0. The van der Waals surface area contributed by atoms with E-state index in [1.807, 2.05) is 0 Å². The van der Waals surface area contributed by atoms with Crippen molar-refractivity contribution in [1.82, 2.24) is 9.13 Å². The Bertz CT molecular complexity index is 1760. The molecule has 0 bridgehead atoms. The normalized spacial score (nSPS) is 19.6. The van der Waals surface area contributed by atoms with Gasteiger partial charge in [-0.3, -0.25) is 0 Å². The topological polar surface area (TPSA) is 9.86 Å². The monoisotopic (exact) mass is 524 g/mol. The first kappa shape index (κ1) is 25.2. The van der Waals surface area contributed by atoms with Gasteiger partial charge in [-0.25, -0.2) is 0 Å². The molecule has 2 aliphatic rings. The van der Waals surface area contributed by atoms with Crippen molar-refractivity contribution in [3.63, 3.8) is 0 Å². The Balaban J connectivity index is 1.56. The van der Waals surface area contributed by atoms with Crippen molar-refractivity contribution in [2.24, 2.45) is 0 Å². The Morgan fingerprint density at radius 2 is 0.800 bits per heavy atom. The molecule has 0 atom stereocenters. The number of benzene rings is 3. The molecule has 0 saturated heterocycles. The Hall–Kier alpha value is -3.78. The summed E-state index contributed by atoms with van der Waals surface area (Å²) in [5, 5.41) is 2.70. The molecule has 2 nitrogen and oxygen atoms in total. The molecule has 3 aromatic carbocycles. The minimum atomic E-state index is -0.0873. The van der Waals surface area contributed by atoms with Crippen LogP contribution in [-0.4, -0.2) is 9.13 Å². The van der Waals surface area contributed by atoms with Crippen molar-refractivity contribution < 1.29 is 0 Å². The first-order valence-corrected chi connectivity index (χ1v) is 14.6. The molecule has 0 N–H and O–H groups in total. The highest BCUT2D eigenvalue weighted by Gasteiger charge is 2.40. The Morgan fingerprint density at radius 3 is 1.23 bits per heavy atom. The van der Waals surface area contributed by atoms with Crippen LogP contribution < -0.4 is 0 Å². The van der Waals surface area contributed by atoms with E-state index in [9.17, 15) is 0 Å². The molecule has 2 aromatic heterocycles. The first-order valence-electron chi connectivity index (χ1n) is 14.6. The van der Waals surface area contributed by atoms with Gasteiger partial charge in [0.2, 0.25) is 0 Å². The molecule has 2 heterocycles. The second kappa shape index (κ2) is 7.91. The van der Waals surface area contributed by atoms with Gasteiger partial charge in [-0.15, -0.1) is 0 Å². The molecule has 0 saturated carbocycles. The van der Waals surface area contributed by atoms with E-state index in [0.717, 1.165) is 0 Å². The largest absolute Gasteiger partial charge is 0.312 e. The highest BCUT2D eigenvalue weighted by atomic mass is 15.0. The fourth-order valence-corrected chi connectivity index (χ4v) is 7.47. The second-order valence-corrected chi connectivity index (χ2v) is 14.2. The Morgan fingerprint density at radius 1 is 0.425 bits per heavy atom. The van der Waals surface area contributed by atoms with Crippen LogP contribution in [0.1, 0.15) is 77.9 Å². The molecular weight excluding hydrogens is 484 g/mol. The van der Waals surface area contributed by atoms with E-state index in [-0.39, 0.29) is 21.7 Å². The third kappa shape index (κ3) is 3.35. The minimum absolute atomic E-state index is 0.0367. The lowest BCUT2D eigenvalue weighted by Crippen LogP contribution is -2.30. The van der Waals surface area contributed by atoms with Crippen molar-refractivity contribution in [3.05, 3.63) is 120 Å². The number of allylic oxidation sites excluding steroid dienone is 4. The molecule has 0 fully saturated rings. The molecule has 0 unspecified atom stereocenters. The van der Waals surface area contributed by atoms with E-state index < -0.39 is 0 Å². The van der Waals surface area contributed by atoms with Crippen LogP contribution in [0.4, 0.5) is 0 Å². The highest BCUT2D eigenvalue weighted by molar-refractivity contribution is 5.92. The third-order valence-electron chi connectivity index (χ3n) is 9.44. The maximum Gasteiger partial charge on any atom is 0.0535 e. The molecule has 0 aliphatic heterocycles. The average Bonchev–Trinajstić information content (AvgIpc) is 3.47. The number of rotatable bonds is 2. The zero-order valence-corrected chi connectivity index (χ0v) is 25.1. The number of nitrogens with zero attached hydrogens (tertiary/aromatic N) is 2. The van der Waals surface area contributed by atoms with Crippen molar-refractivity contribution in [1.29, 1.82) is 0 Å². The zero-order valence-electron chi connectivity index (χ0n) is 25.1. The molecule has 40 heavy (non-hydrogen) atoms. The van der Waals surface area contributed by atoms with E-state index in [2.05, 4.69) is 162 Å². The molecule has 0 radical (unpaired) electrons. The predicted octanol–water partition coefficient (Wildman–Crippen LogP) is 9.82. The van der Waals surface area contributed by atoms with E-state index in [0.29, 0.717) is 0 Å². The van der Waals surface area contributed by atoms with Gasteiger partial charge < -0.3 is 9.13 Å². The van der Waals surface area contributed by atoms with Crippen molar-refractivity contribution in [2.75, 3.05) is 0 Å². The summed E-state index contributed by atoms with van der Waals surface area (Å²) < 4.78 is 5.07. The minimum Gasteiger partial charge on any atom is -0.312 e. The molecule has 202 valence electrons. The van der Waals surface area contributed by atoms with E-state index in [1.165, 1.54) is 55.7 Å². The summed E-state index contributed by atoms with van der Waals surface area (Å²) in [5.74, 6) is 0. The maximum absolute atomic E-state index is 2.53. The summed E-state index contributed by atoms with van der Waals surface area (Å²) in [4.78, 5) is 0. The zero-order chi connectivity index (χ0) is 28.2. The lowest BCUT2D eigenvalue weighted by Gasteiger charge is -2.36. The second-order valence-electron chi connectivity index (χ2n) is 14.2. The summed E-state index contributed by atoms with van der Waals surface area (Å²) in [6.45, 7) is 18.8. The van der Waals surface area contributed by atoms with Gasteiger partial charge in [0, 0.05) is 55.2 Å². The molecule has 0 spiro atoms. The molecule has 5 aromatic rings. The van der Waals surface area contributed by atoms with Crippen LogP contribution >= 0.6 is 0 Å². The summed E-state index contributed by atoms with van der Waals surface area (Å²) in [6.07, 6.45) is 9.61. The van der Waals surface area contributed by atoms with Crippen molar-refractivity contribution in [3.8, 4) is 11.4 Å². The first-order chi connectivity index (χ1) is 18.8. The van der Waals surface area contributed by atoms with Crippen LogP contribution in [0.2, 0.25) is 0 Å². The highest BCUT2D eigenvalue weighted by Crippen LogP contribution is 2.49. The van der Waals surface area contributed by atoms with Gasteiger partial charge in [0.15, 0.2) is 0 Å². The van der Waals surface area contributed by atoms with Gasteiger partial charge in [0.05, 0.1) is 11.0 Å². The fraction of sp³-hybridized carbons (Fsp3) is 0.316. The Kier molecular flexibility index (Phi) is 4.98. The predicted molar refractivity (Wildman–Crippen MR) is 170 cm³/mol. The van der Waals surface area contributed by atoms with Crippen LogP contribution in [0, 0.1) is 0 Å². The molecule has 0 amide bonds. The van der Waals surface area contributed by atoms with Gasteiger partial charge in [-0.2, -0.15) is 0 Å². The number of fused-ring (bicyclic) bond motifs is 6. The lowest BCUT2D eigenvalue weighted by atomic mass is 9.70. The molecular formula is C38H40N2. The van der Waals surface area contributed by atoms with Gasteiger partial charge in [-0.1, -0.05) is 122 Å². The maximum atomic E-state index is 2.53. The Labute approximate surface area is 238 Å². The SMILES string of the molecule is CC1(C)C=CC(C)(C)c2c1c1ccccc1n2-c1cccc(-n2c3c(c4ccccc42)C(C)(C)C=CC3(C)C)c1. The average molecular weight is 525 g/mol. The third-order valence-corrected chi connectivity index (χ3v) is 9.44. The summed E-state index contributed by atoms with van der Waals surface area (Å²) in [6, 6.07) is 27.1. The lowest BCUT2D eigenvalue weighted by molar-refractivity contribution is 0.544. The summed E-state index contributed by atoms with van der Waals surface area (Å²) >= 11 is 0. The van der Waals surface area contributed by atoms with Crippen LogP contribution in [0.3, 0.4) is 0 Å². The van der Waals surface area contributed by atoms with Crippen LogP contribution in [0.25, 0.3) is 33.2 Å². The molecule has 2 heteroatoms. The molecule has 2 aliphatic carbocycles. The summed E-state index contributed by atoms with van der Waals surface area (Å²) in [5.41, 5.74) is 10.4. The van der Waals surface area contributed by atoms with Crippen molar-refractivity contribution >= 4 is 21.8 Å². The standard InChI is InChI=1S/C38H40N2/c1-35(2)20-22-37(5,6)33-31(35)27-16-9-11-18-29(27)39(33)25-14-13-15-26(24-25)40-30-19-12-10-17-28(30)32-34(40)38(7,8)23-21-36(32,3)4/h9-24H,1-8H3. The van der Waals surface area contributed by atoms with Gasteiger partial charge in [0.1, 0.15) is 0 Å².